The topological polar surface area (TPSA) is 217 Å². The third-order valence-corrected chi connectivity index (χ3v) is 17.2. The first-order valence-electron chi connectivity index (χ1n) is 32.1. The number of rotatable bonds is 20. The molecule has 0 spiro atoms. The molecule has 496 valence electrons. The smallest absolute Gasteiger partial charge is 0.339 e. The van der Waals surface area contributed by atoms with E-state index in [2.05, 4.69) is 13.2 Å². The van der Waals surface area contributed by atoms with Crippen molar-refractivity contribution >= 4 is 90.6 Å². The summed E-state index contributed by atoms with van der Waals surface area (Å²) in [6, 6.07) is 64.9. The molecular weight excluding hydrogens is 1290 g/mol. The number of fused-ring (bicyclic) bond motifs is 2. The van der Waals surface area contributed by atoms with Crippen molar-refractivity contribution in [1.29, 1.82) is 0 Å². The number of para-hydroxylation sites is 4. The van der Waals surface area contributed by atoms with Crippen molar-refractivity contribution in [3.8, 4) is 69.0 Å². The van der Waals surface area contributed by atoms with Crippen LogP contribution in [-0.2, 0) is 19.2 Å². The van der Waals surface area contributed by atoms with Gasteiger partial charge in [0.1, 0.15) is 69.0 Å². The predicted octanol–water partition coefficient (Wildman–Crippen LogP) is 17.8. The Morgan fingerprint density at radius 1 is 0.284 bits per heavy atom. The molecule has 0 saturated heterocycles. The molecule has 18 heteroatoms. The summed E-state index contributed by atoms with van der Waals surface area (Å²) in [5, 5.41) is 1.41. The molecule has 0 aliphatic carbocycles. The third-order valence-electron chi connectivity index (χ3n) is 17.2. The first-order valence-corrected chi connectivity index (χ1v) is 32.1. The van der Waals surface area contributed by atoms with Gasteiger partial charge in [0.05, 0.1) is 22.3 Å². The molecule has 0 aromatic heterocycles. The lowest BCUT2D eigenvalue weighted by molar-refractivity contribution is -0.139. The van der Waals surface area contributed by atoms with Crippen LogP contribution in [0.2, 0.25) is 0 Å². The van der Waals surface area contributed by atoms with Crippen LogP contribution >= 0.6 is 0 Å². The summed E-state index contributed by atoms with van der Waals surface area (Å²) in [5.74, 6) is -5.75. The van der Waals surface area contributed by atoms with E-state index in [1.54, 1.807) is 182 Å². The highest BCUT2D eigenvalue weighted by molar-refractivity contribution is 6.45. The highest BCUT2D eigenvalue weighted by atomic mass is 16.6. The van der Waals surface area contributed by atoms with Crippen LogP contribution in [0.3, 0.4) is 0 Å². The Kier molecular flexibility index (Phi) is 16.6. The van der Waals surface area contributed by atoms with Gasteiger partial charge in [-0.3, -0.25) is 29.0 Å². The largest absolute Gasteiger partial charge is 0.457 e. The monoisotopic (exact) mass is 1350 g/mol. The van der Waals surface area contributed by atoms with Gasteiger partial charge < -0.3 is 37.9 Å². The number of hydrogen-bond acceptors (Lipinski definition) is 16. The molecule has 2 atom stereocenters. The molecule has 13 aromatic rings. The molecule has 2 heterocycles. The lowest BCUT2D eigenvalue weighted by atomic mass is 9.80. The number of esters is 4. The summed E-state index contributed by atoms with van der Waals surface area (Å²) in [6.07, 6.45) is 0. The first kappa shape index (κ1) is 64.0. The van der Waals surface area contributed by atoms with E-state index in [1.807, 2.05) is 0 Å². The van der Waals surface area contributed by atoms with Crippen LogP contribution in [0.1, 0.15) is 78.5 Å². The number of imide groups is 2. The third kappa shape index (κ3) is 11.7. The van der Waals surface area contributed by atoms with E-state index in [4.69, 9.17) is 37.9 Å². The van der Waals surface area contributed by atoms with Crippen molar-refractivity contribution in [2.24, 2.45) is 0 Å². The van der Waals surface area contributed by atoms with Gasteiger partial charge in [0.2, 0.25) is 0 Å². The molecule has 0 fully saturated rings. The quantitative estimate of drug-likeness (QED) is 0.0173. The van der Waals surface area contributed by atoms with Gasteiger partial charge in [-0.25, -0.2) is 19.2 Å². The molecule has 0 radical (unpaired) electrons. The minimum atomic E-state index is -1.75. The minimum Gasteiger partial charge on any atom is -0.457 e. The Balaban J connectivity index is 1.01. The maximum Gasteiger partial charge on any atom is 0.339 e. The Labute approximate surface area is 581 Å². The molecular formula is C84H54N2O16. The van der Waals surface area contributed by atoms with Crippen LogP contribution in [0.25, 0.3) is 43.1 Å². The molecule has 102 heavy (non-hydrogen) atoms. The maximum absolute atomic E-state index is 16.3. The Morgan fingerprint density at radius 2 is 0.510 bits per heavy atom. The zero-order valence-electron chi connectivity index (χ0n) is 54.2. The molecule has 15 rings (SSSR count). The van der Waals surface area contributed by atoms with Crippen LogP contribution in [-0.4, -0.2) is 57.3 Å². The zero-order chi connectivity index (χ0) is 70.4. The fraction of sp³-hybridized carbons (Fsp3) is 0.0476. The van der Waals surface area contributed by atoms with Crippen LogP contribution in [0.5, 0.6) is 69.0 Å². The molecule has 0 N–H and O–H groups in total. The number of carbonyl (C=O) groups is 8. The molecule has 18 nitrogen and oxygen atoms in total. The number of amides is 4. The van der Waals surface area contributed by atoms with E-state index in [-0.39, 0.29) is 157 Å². The van der Waals surface area contributed by atoms with E-state index in [1.165, 1.54) is 86.6 Å². The molecule has 2 aliphatic rings. The van der Waals surface area contributed by atoms with E-state index in [0.29, 0.717) is 0 Å². The summed E-state index contributed by atoms with van der Waals surface area (Å²) < 4.78 is 51.2. The lowest BCUT2D eigenvalue weighted by Gasteiger charge is -2.35. The van der Waals surface area contributed by atoms with Gasteiger partial charge >= 0.3 is 23.9 Å². The van der Waals surface area contributed by atoms with Gasteiger partial charge in [-0.15, -0.1) is 0 Å². The van der Waals surface area contributed by atoms with Gasteiger partial charge in [-0.2, -0.15) is 0 Å². The number of carbonyl (C=O) groups excluding carboxylic acids is 8. The summed E-state index contributed by atoms with van der Waals surface area (Å²) in [5.41, 5.74) is 0.309. The van der Waals surface area contributed by atoms with Crippen LogP contribution in [0.15, 0.2) is 279 Å². The minimum absolute atomic E-state index is 0.000434. The van der Waals surface area contributed by atoms with Gasteiger partial charge in [0.15, 0.2) is 12.1 Å². The van der Waals surface area contributed by atoms with Crippen molar-refractivity contribution < 1.29 is 76.3 Å². The fourth-order valence-corrected chi connectivity index (χ4v) is 12.7. The fourth-order valence-electron chi connectivity index (χ4n) is 12.7. The maximum atomic E-state index is 16.3. The van der Waals surface area contributed by atoms with Crippen molar-refractivity contribution in [3.63, 3.8) is 0 Å². The highest BCUT2D eigenvalue weighted by Gasteiger charge is 2.48. The van der Waals surface area contributed by atoms with E-state index in [9.17, 15) is 9.59 Å². The summed E-state index contributed by atoms with van der Waals surface area (Å²) in [4.78, 5) is 122. The average Bonchev–Trinajstić information content (AvgIpc) is 0.671. The van der Waals surface area contributed by atoms with E-state index >= 15 is 28.8 Å². The number of hydrogen-bond donors (Lipinski definition) is 0. The van der Waals surface area contributed by atoms with E-state index in [0.717, 1.165) is 9.80 Å². The molecule has 2 unspecified atom stereocenters. The predicted molar refractivity (Wildman–Crippen MR) is 378 cm³/mol. The SMILES string of the molecule is C=C(C)C(=O)Oc1ccc(OC(=O)C(c2ccccc2)N2C(=O)c3cc(Oc4ccccc4)c4c5c(Oc6ccccc6)cc6c7c(cc(Oc8ccccc8)c(c8c(Oc9ccccc9)cc(c3c48)C2=O)c75)C(=O)N(C(C(=O)Oc2ccc(OC(=O)C(=C)C)cc2)c2ccccc2)C6=O)cc1. The molecule has 0 saturated carbocycles. The normalized spacial score (nSPS) is 13.0. The Hall–Kier alpha value is -14.0. The average molecular weight is 1350 g/mol. The van der Waals surface area contributed by atoms with Gasteiger partial charge in [-0.1, -0.05) is 147 Å². The second kappa shape index (κ2) is 26.4. The van der Waals surface area contributed by atoms with Gasteiger partial charge in [0, 0.05) is 54.2 Å². The molecule has 2 aliphatic heterocycles. The highest BCUT2D eigenvalue weighted by Crippen LogP contribution is 2.58. The van der Waals surface area contributed by atoms with Crippen molar-refractivity contribution in [2.45, 2.75) is 25.9 Å². The number of ether oxygens (including phenoxy) is 8. The molecule has 0 bridgehead atoms. The van der Waals surface area contributed by atoms with E-state index < -0.39 is 59.6 Å². The van der Waals surface area contributed by atoms with Crippen molar-refractivity contribution in [2.75, 3.05) is 0 Å². The Bertz CT molecular complexity index is 5060. The van der Waals surface area contributed by atoms with Crippen molar-refractivity contribution in [1.82, 2.24) is 9.80 Å². The lowest BCUT2D eigenvalue weighted by Crippen LogP contribution is -2.47. The van der Waals surface area contributed by atoms with Crippen molar-refractivity contribution in [3.05, 3.63) is 312 Å². The standard InChI is InChI=1S/C84H54N2O16/c1-47(2)81(91)99-55-35-39-57(40-36-55)101-83(93)75(49-23-11-5-12-24-49)85-77(87)59-43-63(95-51-27-15-7-16-28-51)69-71-65(97-53-31-19-9-20-32-53)45-61-68-62(80(90)86(79(61)89)76(50-25-13-6-14-26-50)84(94)102-58-41-37-56(38-42-58)100-82(92)48(3)4)46-66(98-54-33-21-10-22-34-54)72(74(68)71)70-64(96-52-29-17-8-18-30-52)44-60(78(85)88)67(59)73(69)70/h5-46,75-76H,1,3H2,2,4H3. The van der Waals surface area contributed by atoms with Crippen LogP contribution in [0.4, 0.5) is 0 Å². The second-order valence-corrected chi connectivity index (χ2v) is 24.1. The molecule has 4 amide bonds. The summed E-state index contributed by atoms with van der Waals surface area (Å²) >= 11 is 0. The number of benzene rings is 13. The summed E-state index contributed by atoms with van der Waals surface area (Å²) in [7, 11) is 0. The van der Waals surface area contributed by atoms with Crippen LogP contribution < -0.4 is 37.9 Å². The van der Waals surface area contributed by atoms with Crippen LogP contribution in [0, 0.1) is 0 Å². The summed E-state index contributed by atoms with van der Waals surface area (Å²) in [6.45, 7) is 10.3. The van der Waals surface area contributed by atoms with Gasteiger partial charge in [-0.05, 0) is 146 Å². The Morgan fingerprint density at radius 3 is 0.745 bits per heavy atom. The zero-order valence-corrected chi connectivity index (χ0v) is 54.2. The first-order chi connectivity index (χ1) is 49.6. The molecule has 13 aromatic carbocycles. The second-order valence-electron chi connectivity index (χ2n) is 24.1. The number of nitrogens with zero attached hydrogens (tertiary/aromatic N) is 2. The van der Waals surface area contributed by atoms with Gasteiger partial charge in [0.25, 0.3) is 23.6 Å².